The van der Waals surface area contributed by atoms with Gasteiger partial charge in [-0.2, -0.15) is 0 Å². The smallest absolute Gasteiger partial charge is 0.255 e. The summed E-state index contributed by atoms with van der Waals surface area (Å²) in [5.74, 6) is 1.19. The van der Waals surface area contributed by atoms with Crippen LogP contribution < -0.4 is 4.57 Å². The van der Waals surface area contributed by atoms with Gasteiger partial charge in [-0.05, 0) is 18.6 Å². The highest BCUT2D eigenvalue weighted by atomic mass is 35.5. The molecule has 146 valence electrons. The summed E-state index contributed by atoms with van der Waals surface area (Å²) in [5, 5.41) is 0.770. The van der Waals surface area contributed by atoms with Crippen LogP contribution in [-0.4, -0.2) is 11.2 Å². The zero-order chi connectivity index (χ0) is 18.8. The molecule has 3 nitrogen and oxygen atoms in total. The lowest BCUT2D eigenvalue weighted by Gasteiger charge is -2.04. The van der Waals surface area contributed by atoms with Gasteiger partial charge in [0.25, 0.3) is 5.82 Å². The number of imidazole rings is 1. The molecule has 26 heavy (non-hydrogen) atoms. The van der Waals surface area contributed by atoms with Crippen molar-refractivity contribution in [3.8, 4) is 0 Å². The fourth-order valence-corrected chi connectivity index (χ4v) is 3.70. The molecule has 0 fully saturated rings. The highest BCUT2D eigenvalue weighted by molar-refractivity contribution is 6.31. The number of nitrogens with zero attached hydrogens (tertiary/aromatic N) is 2. The first-order valence-corrected chi connectivity index (χ1v) is 10.7. The summed E-state index contributed by atoms with van der Waals surface area (Å²) in [6.45, 7) is 5.83. The third kappa shape index (κ3) is 6.28. The largest absolute Gasteiger partial charge is 0.342 e. The quantitative estimate of drug-likeness (QED) is 0.294. The maximum absolute atomic E-state index is 6.17. The first-order valence-electron chi connectivity index (χ1n) is 10.4. The minimum atomic E-state index is 0.598. The van der Waals surface area contributed by atoms with E-state index in [1.807, 2.05) is 12.1 Å². The minimum absolute atomic E-state index is 0.598. The molecule has 0 saturated heterocycles. The molecule has 0 aliphatic rings. The van der Waals surface area contributed by atoms with E-state index in [0.29, 0.717) is 6.73 Å². The molecule has 0 saturated carbocycles. The second-order valence-corrected chi connectivity index (χ2v) is 7.82. The van der Waals surface area contributed by atoms with Gasteiger partial charge < -0.3 is 4.74 Å². The molecule has 1 heterocycles. The minimum Gasteiger partial charge on any atom is -0.342 e. The molecule has 0 atom stereocenters. The fraction of sp³-hybridized carbons (Fsp3) is 0.682. The summed E-state index contributed by atoms with van der Waals surface area (Å²) in [7, 11) is 2.09. The Labute approximate surface area is 164 Å². The lowest BCUT2D eigenvalue weighted by atomic mass is 10.1. The van der Waals surface area contributed by atoms with Crippen molar-refractivity contribution >= 4 is 22.6 Å². The van der Waals surface area contributed by atoms with E-state index in [4.69, 9.17) is 16.3 Å². The number of ether oxygens (including phenoxy) is 1. The summed E-state index contributed by atoms with van der Waals surface area (Å²) in [5.41, 5.74) is 2.33. The van der Waals surface area contributed by atoms with E-state index in [9.17, 15) is 0 Å². The molecule has 0 bridgehead atoms. The lowest BCUT2D eigenvalue weighted by molar-refractivity contribution is -0.652. The highest BCUT2D eigenvalue weighted by Gasteiger charge is 2.19. The van der Waals surface area contributed by atoms with E-state index in [2.05, 4.69) is 36.1 Å². The molecule has 0 aliphatic carbocycles. The molecule has 0 spiro atoms. The van der Waals surface area contributed by atoms with Crippen LogP contribution in [0.4, 0.5) is 0 Å². The van der Waals surface area contributed by atoms with Crippen LogP contribution >= 0.6 is 11.6 Å². The number of aromatic nitrogens is 2. The average molecular weight is 380 g/mol. The SMILES string of the molecule is CCCCCCCCCCCCOCn1c(C)[n+](C)c2ccc(Cl)cc21. The lowest BCUT2D eigenvalue weighted by Crippen LogP contribution is -2.31. The Morgan fingerprint density at radius 3 is 2.23 bits per heavy atom. The Balaban J connectivity index is 1.61. The second kappa shape index (κ2) is 11.6. The van der Waals surface area contributed by atoms with E-state index >= 15 is 0 Å². The Hall–Kier alpha value is -1.06. The number of rotatable bonds is 13. The van der Waals surface area contributed by atoms with E-state index in [0.717, 1.165) is 23.6 Å². The first-order chi connectivity index (χ1) is 12.6. The molecule has 2 rings (SSSR count). The van der Waals surface area contributed by atoms with Crippen molar-refractivity contribution < 1.29 is 9.30 Å². The van der Waals surface area contributed by atoms with Crippen molar-refractivity contribution in [1.82, 2.24) is 4.57 Å². The molecule has 2 aromatic rings. The van der Waals surface area contributed by atoms with E-state index in [1.165, 1.54) is 69.1 Å². The van der Waals surface area contributed by atoms with E-state index < -0.39 is 0 Å². The van der Waals surface area contributed by atoms with Crippen LogP contribution in [0.2, 0.25) is 5.02 Å². The molecule has 0 radical (unpaired) electrons. The van der Waals surface area contributed by atoms with Gasteiger partial charge in [0, 0.05) is 18.0 Å². The van der Waals surface area contributed by atoms with Gasteiger partial charge in [-0.1, -0.05) is 76.3 Å². The number of unbranched alkanes of at least 4 members (excludes halogenated alkanes) is 9. The number of hydrogen-bond acceptors (Lipinski definition) is 1. The van der Waals surface area contributed by atoms with Gasteiger partial charge in [0.05, 0.1) is 13.7 Å². The van der Waals surface area contributed by atoms with Gasteiger partial charge in [-0.3, -0.25) is 0 Å². The van der Waals surface area contributed by atoms with Crippen LogP contribution in [0.15, 0.2) is 18.2 Å². The van der Waals surface area contributed by atoms with Crippen LogP contribution in [0.1, 0.15) is 77.0 Å². The average Bonchev–Trinajstić information content (AvgIpc) is 2.86. The van der Waals surface area contributed by atoms with Crippen LogP contribution in [0.5, 0.6) is 0 Å². The topological polar surface area (TPSA) is 18.0 Å². The van der Waals surface area contributed by atoms with Crippen molar-refractivity contribution in [2.45, 2.75) is 84.8 Å². The van der Waals surface area contributed by atoms with Crippen LogP contribution in [0.3, 0.4) is 0 Å². The Kier molecular flexibility index (Phi) is 9.49. The summed E-state index contributed by atoms with van der Waals surface area (Å²) in [6, 6.07) is 6.04. The molecule has 0 amide bonds. The molecule has 1 aromatic heterocycles. The number of halogens is 1. The van der Waals surface area contributed by atoms with Gasteiger partial charge in [0.1, 0.15) is 0 Å². The molecular weight excluding hydrogens is 344 g/mol. The predicted molar refractivity (Wildman–Crippen MR) is 111 cm³/mol. The normalized spacial score (nSPS) is 11.5. The standard InChI is InChI=1S/C22H36ClN2O/c1-4-5-6-7-8-9-10-11-12-13-16-26-18-25-19(2)24(3)21-15-14-20(23)17-22(21)25/h14-15,17H,4-13,16,18H2,1-3H3/q+1. The van der Waals surface area contributed by atoms with Crippen molar-refractivity contribution in [2.75, 3.05) is 6.61 Å². The molecule has 4 heteroatoms. The van der Waals surface area contributed by atoms with E-state index in [1.54, 1.807) is 0 Å². The number of fused-ring (bicyclic) bond motifs is 1. The van der Waals surface area contributed by atoms with Crippen molar-refractivity contribution in [2.24, 2.45) is 7.05 Å². The van der Waals surface area contributed by atoms with Crippen molar-refractivity contribution in [1.29, 1.82) is 0 Å². The van der Waals surface area contributed by atoms with Gasteiger partial charge >= 0.3 is 0 Å². The van der Waals surface area contributed by atoms with Crippen molar-refractivity contribution in [3.63, 3.8) is 0 Å². The Morgan fingerprint density at radius 2 is 1.58 bits per heavy atom. The number of benzene rings is 1. The van der Waals surface area contributed by atoms with Crippen molar-refractivity contribution in [3.05, 3.63) is 29.0 Å². The van der Waals surface area contributed by atoms with Gasteiger partial charge in [-0.25, -0.2) is 9.13 Å². The third-order valence-corrected chi connectivity index (χ3v) is 5.56. The number of hydrogen-bond donors (Lipinski definition) is 0. The summed E-state index contributed by atoms with van der Waals surface area (Å²) < 4.78 is 10.3. The van der Waals surface area contributed by atoms with E-state index in [-0.39, 0.29) is 0 Å². The predicted octanol–water partition coefficient (Wildman–Crippen LogP) is 6.32. The summed E-state index contributed by atoms with van der Waals surface area (Å²) >= 11 is 6.17. The molecule has 0 unspecified atom stereocenters. The first kappa shape index (κ1) is 21.2. The van der Waals surface area contributed by atoms with Gasteiger partial charge in [0.15, 0.2) is 17.8 Å². The zero-order valence-electron chi connectivity index (χ0n) is 16.9. The van der Waals surface area contributed by atoms with Crippen LogP contribution in [0, 0.1) is 6.92 Å². The molecule has 0 aliphatic heterocycles. The van der Waals surface area contributed by atoms with Crippen LogP contribution in [0.25, 0.3) is 11.0 Å². The van der Waals surface area contributed by atoms with Gasteiger partial charge in [0.2, 0.25) is 0 Å². The maximum Gasteiger partial charge on any atom is 0.255 e. The monoisotopic (exact) mass is 379 g/mol. The summed E-state index contributed by atoms with van der Waals surface area (Å²) in [4.78, 5) is 0. The third-order valence-electron chi connectivity index (χ3n) is 5.33. The zero-order valence-corrected chi connectivity index (χ0v) is 17.7. The molecule has 1 aromatic carbocycles. The highest BCUT2D eigenvalue weighted by Crippen LogP contribution is 2.19. The molecular formula is C22H36ClN2O+. The molecule has 0 N–H and O–H groups in total. The van der Waals surface area contributed by atoms with Crippen LogP contribution in [-0.2, 0) is 18.5 Å². The maximum atomic E-state index is 6.17. The van der Waals surface area contributed by atoms with Gasteiger partial charge in [-0.15, -0.1) is 0 Å². The second-order valence-electron chi connectivity index (χ2n) is 7.39. The Bertz CT molecular complexity index is 666. The fourth-order valence-electron chi connectivity index (χ4n) is 3.54. The summed E-state index contributed by atoms with van der Waals surface area (Å²) in [6.07, 6.45) is 13.5. The Morgan fingerprint density at radius 1 is 0.962 bits per heavy atom. The number of aryl methyl sites for hydroxylation is 1.